The van der Waals surface area contributed by atoms with Gasteiger partial charge in [-0.1, -0.05) is 43.0 Å². The van der Waals surface area contributed by atoms with Gasteiger partial charge in [-0.3, -0.25) is 9.59 Å². The number of anilines is 1. The lowest BCUT2D eigenvalue weighted by Gasteiger charge is -2.23. The van der Waals surface area contributed by atoms with E-state index in [-0.39, 0.29) is 23.7 Å². The molecule has 0 radical (unpaired) electrons. The number of amides is 2. The van der Waals surface area contributed by atoms with E-state index in [1.54, 1.807) is 36.4 Å². The molecule has 2 N–H and O–H groups in total. The number of hydrogen-bond donors (Lipinski definition) is 2. The van der Waals surface area contributed by atoms with Crippen LogP contribution in [0.5, 0.6) is 0 Å². The van der Waals surface area contributed by atoms with Gasteiger partial charge in [-0.15, -0.1) is 0 Å². The number of hydrogen-bond acceptors (Lipinski definition) is 2. The molecule has 4 nitrogen and oxygen atoms in total. The second-order valence-corrected chi connectivity index (χ2v) is 7.28. The van der Waals surface area contributed by atoms with Crippen LogP contribution < -0.4 is 10.6 Å². The fraction of sp³-hybridized carbons (Fsp3) is 0.273. The predicted octanol–water partition coefficient (Wildman–Crippen LogP) is 5.19. The largest absolute Gasteiger partial charge is 0.349 e. The summed E-state index contributed by atoms with van der Waals surface area (Å²) in [6.07, 6.45) is 8.34. The minimum absolute atomic E-state index is 0.175. The summed E-state index contributed by atoms with van der Waals surface area (Å²) >= 11 is 6.18. The molecule has 146 valence electrons. The molecule has 0 unspecified atom stereocenters. The van der Waals surface area contributed by atoms with Gasteiger partial charge in [-0.25, -0.2) is 4.39 Å². The molecule has 1 fully saturated rings. The van der Waals surface area contributed by atoms with E-state index in [0.717, 1.165) is 25.7 Å². The fourth-order valence-corrected chi connectivity index (χ4v) is 3.42. The van der Waals surface area contributed by atoms with Gasteiger partial charge in [0.15, 0.2) is 0 Å². The Morgan fingerprint density at radius 3 is 2.46 bits per heavy atom. The maximum absolute atomic E-state index is 12.9. The normalized spacial score (nSPS) is 14.8. The minimum atomic E-state index is -0.356. The van der Waals surface area contributed by atoms with E-state index in [4.69, 9.17) is 11.6 Å². The van der Waals surface area contributed by atoms with Gasteiger partial charge in [0.1, 0.15) is 5.82 Å². The zero-order valence-corrected chi connectivity index (χ0v) is 16.1. The topological polar surface area (TPSA) is 58.2 Å². The highest BCUT2D eigenvalue weighted by molar-refractivity contribution is 6.34. The van der Waals surface area contributed by atoms with Crippen molar-refractivity contribution in [3.05, 3.63) is 70.5 Å². The van der Waals surface area contributed by atoms with Crippen LogP contribution in [0.3, 0.4) is 0 Å². The van der Waals surface area contributed by atoms with Gasteiger partial charge in [-0.05, 0) is 54.8 Å². The second-order valence-electron chi connectivity index (χ2n) is 6.88. The highest BCUT2D eigenvalue weighted by Crippen LogP contribution is 2.23. The Balaban J connectivity index is 1.64. The molecule has 0 atom stereocenters. The molecule has 6 heteroatoms. The summed E-state index contributed by atoms with van der Waals surface area (Å²) < 4.78 is 12.9. The van der Waals surface area contributed by atoms with Gasteiger partial charge >= 0.3 is 0 Å². The van der Waals surface area contributed by atoms with Crippen molar-refractivity contribution in [3.8, 4) is 0 Å². The first kappa shape index (κ1) is 20.1. The molecule has 28 heavy (non-hydrogen) atoms. The van der Waals surface area contributed by atoms with Crippen LogP contribution >= 0.6 is 11.6 Å². The van der Waals surface area contributed by atoms with Gasteiger partial charge in [-0.2, -0.15) is 0 Å². The van der Waals surface area contributed by atoms with Crippen LogP contribution in [0.15, 0.2) is 48.5 Å². The number of benzene rings is 2. The van der Waals surface area contributed by atoms with Gasteiger partial charge in [0.05, 0.1) is 10.6 Å². The Bertz CT molecular complexity index is 875. The molecule has 1 aliphatic rings. The Kier molecular flexibility index (Phi) is 6.82. The monoisotopic (exact) mass is 400 g/mol. The smallest absolute Gasteiger partial charge is 0.253 e. The van der Waals surface area contributed by atoms with Gasteiger partial charge in [0.2, 0.25) is 5.91 Å². The molecule has 2 aromatic carbocycles. The third kappa shape index (κ3) is 5.67. The number of carbonyl (C=O) groups excluding carboxylic acids is 2. The number of nitrogens with one attached hydrogen (secondary N) is 2. The first-order valence-electron chi connectivity index (χ1n) is 9.36. The number of carbonyl (C=O) groups is 2. The zero-order valence-electron chi connectivity index (χ0n) is 15.4. The summed E-state index contributed by atoms with van der Waals surface area (Å²) in [6.45, 7) is 0. The van der Waals surface area contributed by atoms with Crippen molar-refractivity contribution in [1.82, 2.24) is 5.32 Å². The number of halogens is 2. The van der Waals surface area contributed by atoms with Crippen LogP contribution in [0.25, 0.3) is 6.08 Å². The quantitative estimate of drug-likeness (QED) is 0.678. The molecule has 0 bridgehead atoms. The van der Waals surface area contributed by atoms with Crippen molar-refractivity contribution in [2.45, 2.75) is 38.1 Å². The first-order chi connectivity index (χ1) is 13.5. The third-order valence-corrected chi connectivity index (χ3v) is 5.05. The van der Waals surface area contributed by atoms with Crippen molar-refractivity contribution in [3.63, 3.8) is 0 Å². The van der Waals surface area contributed by atoms with E-state index in [2.05, 4.69) is 10.6 Å². The van der Waals surface area contributed by atoms with Gasteiger partial charge in [0, 0.05) is 17.8 Å². The maximum Gasteiger partial charge on any atom is 0.253 e. The summed E-state index contributed by atoms with van der Waals surface area (Å²) in [5.41, 5.74) is 1.53. The Labute approximate surface area is 168 Å². The lowest BCUT2D eigenvalue weighted by atomic mass is 9.95. The summed E-state index contributed by atoms with van der Waals surface area (Å²) in [5, 5.41) is 6.08. The summed E-state index contributed by atoms with van der Waals surface area (Å²) in [6, 6.07) is 10.8. The van der Waals surface area contributed by atoms with Crippen molar-refractivity contribution >= 4 is 35.2 Å². The average molecular weight is 401 g/mol. The van der Waals surface area contributed by atoms with E-state index < -0.39 is 0 Å². The summed E-state index contributed by atoms with van der Waals surface area (Å²) in [4.78, 5) is 24.7. The molecular formula is C22H22ClFN2O2. The third-order valence-electron chi connectivity index (χ3n) is 4.72. The van der Waals surface area contributed by atoms with Crippen molar-refractivity contribution in [1.29, 1.82) is 0 Å². The molecule has 0 spiro atoms. The molecule has 0 saturated heterocycles. The Morgan fingerprint density at radius 2 is 1.75 bits per heavy atom. The zero-order chi connectivity index (χ0) is 19.9. The predicted molar refractivity (Wildman–Crippen MR) is 110 cm³/mol. The average Bonchev–Trinajstić information content (AvgIpc) is 2.70. The van der Waals surface area contributed by atoms with Gasteiger partial charge < -0.3 is 10.6 Å². The molecule has 0 aromatic heterocycles. The van der Waals surface area contributed by atoms with Crippen LogP contribution in [0.1, 0.15) is 48.0 Å². The summed E-state index contributed by atoms with van der Waals surface area (Å²) in [7, 11) is 0. The lowest BCUT2D eigenvalue weighted by molar-refractivity contribution is -0.111. The van der Waals surface area contributed by atoms with Crippen LogP contribution in [-0.4, -0.2) is 17.9 Å². The summed E-state index contributed by atoms with van der Waals surface area (Å²) in [5.74, 6) is -0.915. The van der Waals surface area contributed by atoms with Crippen molar-refractivity contribution < 1.29 is 14.0 Å². The number of rotatable bonds is 5. The highest BCUT2D eigenvalue weighted by atomic mass is 35.5. The fourth-order valence-electron chi connectivity index (χ4n) is 3.22. The lowest BCUT2D eigenvalue weighted by Crippen LogP contribution is -2.36. The van der Waals surface area contributed by atoms with E-state index in [1.165, 1.54) is 24.6 Å². The maximum atomic E-state index is 12.9. The molecule has 2 aromatic rings. The second kappa shape index (κ2) is 9.51. The van der Waals surface area contributed by atoms with Gasteiger partial charge in [0.25, 0.3) is 5.91 Å². The molecular weight excluding hydrogens is 379 g/mol. The Morgan fingerprint density at radius 1 is 1.04 bits per heavy atom. The van der Waals surface area contributed by atoms with E-state index in [9.17, 15) is 14.0 Å². The Hall–Kier alpha value is -2.66. The van der Waals surface area contributed by atoms with Crippen LogP contribution in [0.4, 0.5) is 10.1 Å². The van der Waals surface area contributed by atoms with Crippen LogP contribution in [0, 0.1) is 5.82 Å². The molecule has 0 heterocycles. The molecule has 2 amide bonds. The van der Waals surface area contributed by atoms with Crippen molar-refractivity contribution in [2.75, 3.05) is 5.32 Å². The molecule has 0 aliphatic heterocycles. The molecule has 1 saturated carbocycles. The van der Waals surface area contributed by atoms with E-state index in [1.807, 2.05) is 0 Å². The minimum Gasteiger partial charge on any atom is -0.349 e. The van der Waals surface area contributed by atoms with Crippen LogP contribution in [-0.2, 0) is 4.79 Å². The SMILES string of the molecule is O=C(/C=C/c1ccc(F)cc1)Nc1ccc(Cl)c(C(=O)NC2CCCCC2)c1. The highest BCUT2D eigenvalue weighted by Gasteiger charge is 2.18. The van der Waals surface area contributed by atoms with E-state index in [0.29, 0.717) is 21.8 Å². The molecule has 1 aliphatic carbocycles. The first-order valence-corrected chi connectivity index (χ1v) is 9.74. The van der Waals surface area contributed by atoms with Crippen LogP contribution in [0.2, 0.25) is 5.02 Å². The standard InChI is InChI=1S/C22H22ClFN2O2/c23-20-12-11-18(14-19(20)22(28)26-17-4-2-1-3-5-17)25-21(27)13-8-15-6-9-16(24)10-7-15/h6-14,17H,1-5H2,(H,25,27)(H,26,28)/b13-8+. The molecule has 3 rings (SSSR count). The van der Waals surface area contributed by atoms with Crippen molar-refractivity contribution in [2.24, 2.45) is 0 Å². The van der Waals surface area contributed by atoms with E-state index >= 15 is 0 Å².